The normalized spacial score (nSPS) is 11.0. The van der Waals surface area contributed by atoms with Gasteiger partial charge in [0.05, 0.1) is 7.11 Å². The number of rotatable bonds is 7. The second kappa shape index (κ2) is 7.43. The van der Waals surface area contributed by atoms with Crippen LogP contribution in [0.25, 0.3) is 0 Å². The molecule has 0 amide bonds. The van der Waals surface area contributed by atoms with Crippen molar-refractivity contribution in [2.75, 3.05) is 20.7 Å². The number of benzene rings is 1. The fraction of sp³-hybridized carbons (Fsp3) is 0.375. The van der Waals surface area contributed by atoms with Crippen molar-refractivity contribution in [1.29, 1.82) is 0 Å². The van der Waals surface area contributed by atoms with Gasteiger partial charge in [0.1, 0.15) is 5.75 Å². The Morgan fingerprint density at radius 2 is 2.15 bits per heavy atom. The van der Waals surface area contributed by atoms with Gasteiger partial charge < -0.3 is 15.4 Å². The van der Waals surface area contributed by atoms with Gasteiger partial charge in [0.2, 0.25) is 0 Å². The lowest BCUT2D eigenvalue weighted by Gasteiger charge is -2.17. The summed E-state index contributed by atoms with van der Waals surface area (Å²) in [6.45, 7) is 2.49. The van der Waals surface area contributed by atoms with Gasteiger partial charge in [-0.3, -0.25) is 0 Å². The summed E-state index contributed by atoms with van der Waals surface area (Å²) in [6.07, 6.45) is 1.10. The zero-order valence-corrected chi connectivity index (χ0v) is 13.0. The van der Waals surface area contributed by atoms with Crippen molar-refractivity contribution in [1.82, 2.24) is 4.90 Å². The monoisotopic (exact) mass is 290 g/mol. The van der Waals surface area contributed by atoms with Crippen LogP contribution in [0.1, 0.15) is 16.0 Å². The molecule has 0 radical (unpaired) electrons. The van der Waals surface area contributed by atoms with Crippen molar-refractivity contribution >= 4 is 11.3 Å². The quantitative estimate of drug-likeness (QED) is 0.852. The third-order valence-electron chi connectivity index (χ3n) is 3.34. The standard InChI is InChI=1S/C16H22N2OS/c1-18(8-7-15-4-3-9-20-15)12-13-5-6-14(11-17)16(10-13)19-2/h3-6,9-10H,7-8,11-12,17H2,1-2H3. The Kier molecular flexibility index (Phi) is 5.59. The van der Waals surface area contributed by atoms with E-state index in [2.05, 4.69) is 47.7 Å². The van der Waals surface area contributed by atoms with Crippen LogP contribution in [-0.2, 0) is 19.5 Å². The molecular weight excluding hydrogens is 268 g/mol. The number of nitrogens with zero attached hydrogens (tertiary/aromatic N) is 1. The second-order valence-corrected chi connectivity index (χ2v) is 5.95. The summed E-state index contributed by atoms with van der Waals surface area (Å²) >= 11 is 1.82. The van der Waals surface area contributed by atoms with Crippen LogP contribution in [0, 0.1) is 0 Å². The highest BCUT2D eigenvalue weighted by atomic mass is 32.1. The van der Waals surface area contributed by atoms with Gasteiger partial charge in [0.15, 0.2) is 0 Å². The summed E-state index contributed by atoms with van der Waals surface area (Å²) in [4.78, 5) is 3.77. The van der Waals surface area contributed by atoms with Gasteiger partial charge in [-0.15, -0.1) is 11.3 Å². The van der Waals surface area contributed by atoms with Crippen LogP contribution < -0.4 is 10.5 Å². The molecule has 20 heavy (non-hydrogen) atoms. The van der Waals surface area contributed by atoms with Crippen molar-refractivity contribution < 1.29 is 4.74 Å². The molecule has 0 saturated heterocycles. The lowest BCUT2D eigenvalue weighted by atomic mass is 10.1. The molecule has 2 rings (SSSR count). The summed E-state index contributed by atoms with van der Waals surface area (Å²) in [6, 6.07) is 10.6. The Labute approximate surface area is 125 Å². The maximum absolute atomic E-state index is 5.69. The average Bonchev–Trinajstić information content (AvgIpc) is 2.98. The number of hydrogen-bond acceptors (Lipinski definition) is 4. The molecule has 0 aliphatic heterocycles. The van der Waals surface area contributed by atoms with E-state index in [0.29, 0.717) is 6.54 Å². The summed E-state index contributed by atoms with van der Waals surface area (Å²) < 4.78 is 5.38. The van der Waals surface area contributed by atoms with Crippen LogP contribution >= 0.6 is 11.3 Å². The second-order valence-electron chi connectivity index (χ2n) is 4.92. The topological polar surface area (TPSA) is 38.5 Å². The molecule has 0 atom stereocenters. The SMILES string of the molecule is COc1cc(CN(C)CCc2cccs2)ccc1CN. The molecule has 1 aromatic carbocycles. The number of nitrogens with two attached hydrogens (primary N) is 1. The van der Waals surface area contributed by atoms with Crippen molar-refractivity contribution in [3.8, 4) is 5.75 Å². The van der Waals surface area contributed by atoms with E-state index in [1.165, 1.54) is 10.4 Å². The van der Waals surface area contributed by atoms with E-state index in [1.807, 2.05) is 11.3 Å². The number of ether oxygens (including phenoxy) is 1. The van der Waals surface area contributed by atoms with Crippen LogP contribution in [0.5, 0.6) is 5.75 Å². The first-order chi connectivity index (χ1) is 9.72. The molecule has 0 saturated carbocycles. The minimum atomic E-state index is 0.512. The van der Waals surface area contributed by atoms with Crippen molar-refractivity contribution in [3.05, 3.63) is 51.7 Å². The molecular formula is C16H22N2OS. The molecule has 1 heterocycles. The summed E-state index contributed by atoms with van der Waals surface area (Å²) in [7, 11) is 3.84. The summed E-state index contributed by atoms with van der Waals surface area (Å²) in [5.41, 5.74) is 8.00. The van der Waals surface area contributed by atoms with Gasteiger partial charge in [-0.1, -0.05) is 18.2 Å². The third kappa shape index (κ3) is 4.07. The van der Waals surface area contributed by atoms with Gasteiger partial charge >= 0.3 is 0 Å². The Morgan fingerprint density at radius 3 is 2.80 bits per heavy atom. The maximum Gasteiger partial charge on any atom is 0.123 e. The molecule has 3 nitrogen and oxygen atoms in total. The molecule has 1 aromatic heterocycles. The van der Waals surface area contributed by atoms with E-state index in [1.54, 1.807) is 7.11 Å². The Balaban J connectivity index is 1.91. The van der Waals surface area contributed by atoms with Gasteiger partial charge in [-0.2, -0.15) is 0 Å². The van der Waals surface area contributed by atoms with E-state index in [0.717, 1.165) is 30.8 Å². The lowest BCUT2D eigenvalue weighted by molar-refractivity contribution is 0.331. The largest absolute Gasteiger partial charge is 0.496 e. The number of likely N-dealkylation sites (N-methyl/N-ethyl adjacent to an activating group) is 1. The van der Waals surface area contributed by atoms with Gasteiger partial charge in [0, 0.05) is 30.1 Å². The minimum absolute atomic E-state index is 0.512. The van der Waals surface area contributed by atoms with E-state index < -0.39 is 0 Å². The fourth-order valence-corrected chi connectivity index (χ4v) is 2.90. The first-order valence-electron chi connectivity index (χ1n) is 6.79. The predicted octanol–water partition coefficient (Wildman–Crippen LogP) is 2.89. The van der Waals surface area contributed by atoms with Gasteiger partial charge in [-0.25, -0.2) is 0 Å². The van der Waals surface area contributed by atoms with Crippen LogP contribution in [0.4, 0.5) is 0 Å². The summed E-state index contributed by atoms with van der Waals surface area (Å²) in [5, 5.41) is 2.13. The molecule has 0 fully saturated rings. The summed E-state index contributed by atoms with van der Waals surface area (Å²) in [5.74, 6) is 0.886. The van der Waals surface area contributed by atoms with Gasteiger partial charge in [-0.05, 0) is 36.5 Å². The van der Waals surface area contributed by atoms with E-state index in [9.17, 15) is 0 Å². The number of hydrogen-bond donors (Lipinski definition) is 1. The van der Waals surface area contributed by atoms with E-state index in [-0.39, 0.29) is 0 Å². The molecule has 0 aliphatic rings. The van der Waals surface area contributed by atoms with Crippen LogP contribution in [-0.4, -0.2) is 25.6 Å². The van der Waals surface area contributed by atoms with Crippen molar-refractivity contribution in [2.45, 2.75) is 19.5 Å². The number of methoxy groups -OCH3 is 1. The minimum Gasteiger partial charge on any atom is -0.496 e. The van der Waals surface area contributed by atoms with Crippen LogP contribution in [0.3, 0.4) is 0 Å². The lowest BCUT2D eigenvalue weighted by Crippen LogP contribution is -2.20. The highest BCUT2D eigenvalue weighted by molar-refractivity contribution is 7.09. The molecule has 0 bridgehead atoms. The molecule has 0 spiro atoms. The number of thiophene rings is 1. The highest BCUT2D eigenvalue weighted by Gasteiger charge is 2.06. The smallest absolute Gasteiger partial charge is 0.123 e. The van der Waals surface area contributed by atoms with Crippen LogP contribution in [0.15, 0.2) is 35.7 Å². The zero-order chi connectivity index (χ0) is 14.4. The molecule has 2 N–H and O–H groups in total. The molecule has 0 aliphatic carbocycles. The van der Waals surface area contributed by atoms with Gasteiger partial charge in [0.25, 0.3) is 0 Å². The Hall–Kier alpha value is -1.36. The van der Waals surface area contributed by atoms with Crippen molar-refractivity contribution in [3.63, 3.8) is 0 Å². The Morgan fingerprint density at radius 1 is 1.30 bits per heavy atom. The van der Waals surface area contributed by atoms with Crippen LogP contribution in [0.2, 0.25) is 0 Å². The predicted molar refractivity (Wildman–Crippen MR) is 85.2 cm³/mol. The fourth-order valence-electron chi connectivity index (χ4n) is 2.20. The van der Waals surface area contributed by atoms with E-state index in [4.69, 9.17) is 10.5 Å². The highest BCUT2D eigenvalue weighted by Crippen LogP contribution is 2.20. The Bertz CT molecular complexity index is 525. The zero-order valence-electron chi connectivity index (χ0n) is 12.1. The first kappa shape index (κ1) is 15.0. The molecule has 108 valence electrons. The maximum atomic E-state index is 5.69. The average molecular weight is 290 g/mol. The van der Waals surface area contributed by atoms with E-state index >= 15 is 0 Å². The first-order valence-corrected chi connectivity index (χ1v) is 7.67. The molecule has 4 heteroatoms. The van der Waals surface area contributed by atoms with Crippen molar-refractivity contribution in [2.24, 2.45) is 5.73 Å². The third-order valence-corrected chi connectivity index (χ3v) is 4.28. The molecule has 0 unspecified atom stereocenters. The molecule has 2 aromatic rings.